The zero-order valence-electron chi connectivity index (χ0n) is 17.6. The SMILES string of the molecule is O=C(CN1C[C@H](C(=O)N2CCOCC2)Oc2ccccc21)NC(=O)NCCc1cccs1. The van der Waals surface area contributed by atoms with Crippen molar-refractivity contribution >= 4 is 34.9 Å². The molecule has 1 aromatic carbocycles. The fourth-order valence-corrected chi connectivity index (χ4v) is 4.42. The molecule has 10 heteroatoms. The molecule has 1 atom stereocenters. The Bertz CT molecular complexity index is 946. The van der Waals surface area contributed by atoms with Crippen molar-refractivity contribution in [3.8, 4) is 5.75 Å². The van der Waals surface area contributed by atoms with E-state index >= 15 is 0 Å². The summed E-state index contributed by atoms with van der Waals surface area (Å²) in [6.45, 7) is 2.65. The summed E-state index contributed by atoms with van der Waals surface area (Å²) in [5, 5.41) is 7.05. The lowest BCUT2D eigenvalue weighted by Crippen LogP contribution is -2.54. The van der Waals surface area contributed by atoms with Gasteiger partial charge in [-0.1, -0.05) is 18.2 Å². The first-order valence-corrected chi connectivity index (χ1v) is 11.5. The second kappa shape index (κ2) is 10.5. The molecule has 0 bridgehead atoms. The molecule has 32 heavy (non-hydrogen) atoms. The average molecular weight is 459 g/mol. The summed E-state index contributed by atoms with van der Waals surface area (Å²) in [7, 11) is 0. The van der Waals surface area contributed by atoms with Gasteiger partial charge in [-0.15, -0.1) is 11.3 Å². The number of imide groups is 1. The lowest BCUT2D eigenvalue weighted by molar-refractivity contribution is -0.142. The minimum atomic E-state index is -0.726. The highest BCUT2D eigenvalue weighted by Crippen LogP contribution is 2.33. The molecular weight excluding hydrogens is 432 g/mol. The fraction of sp³-hybridized carbons (Fsp3) is 0.409. The fourth-order valence-electron chi connectivity index (χ4n) is 3.71. The first-order valence-electron chi connectivity index (χ1n) is 10.6. The predicted octanol–water partition coefficient (Wildman–Crippen LogP) is 1.24. The third-order valence-electron chi connectivity index (χ3n) is 5.28. The Kier molecular flexibility index (Phi) is 7.23. The summed E-state index contributed by atoms with van der Waals surface area (Å²) in [6.07, 6.45) is -0.0167. The number of anilines is 1. The molecule has 0 radical (unpaired) electrons. The molecular formula is C22H26N4O5S. The number of urea groups is 1. The van der Waals surface area contributed by atoms with Crippen LogP contribution in [-0.2, 0) is 20.7 Å². The van der Waals surface area contributed by atoms with Crippen LogP contribution >= 0.6 is 11.3 Å². The van der Waals surface area contributed by atoms with E-state index in [1.165, 1.54) is 0 Å². The number of ether oxygens (including phenoxy) is 2. The molecule has 0 saturated carbocycles. The van der Waals surface area contributed by atoms with Gasteiger partial charge in [0.1, 0.15) is 5.75 Å². The lowest BCUT2D eigenvalue weighted by Gasteiger charge is -2.37. The van der Waals surface area contributed by atoms with Crippen LogP contribution in [0.4, 0.5) is 10.5 Å². The number of morpholine rings is 1. The highest BCUT2D eigenvalue weighted by atomic mass is 32.1. The van der Waals surface area contributed by atoms with E-state index in [-0.39, 0.29) is 19.0 Å². The average Bonchev–Trinajstić information content (AvgIpc) is 3.32. The number of rotatable bonds is 6. The van der Waals surface area contributed by atoms with Crippen LogP contribution < -0.4 is 20.3 Å². The molecule has 0 aliphatic carbocycles. The van der Waals surface area contributed by atoms with E-state index in [1.807, 2.05) is 35.7 Å². The molecule has 170 valence electrons. The molecule has 4 rings (SSSR count). The van der Waals surface area contributed by atoms with Crippen LogP contribution in [0.3, 0.4) is 0 Å². The van der Waals surface area contributed by atoms with Crippen molar-refractivity contribution in [3.05, 3.63) is 46.7 Å². The molecule has 1 saturated heterocycles. The van der Waals surface area contributed by atoms with Crippen LogP contribution in [0, 0.1) is 0 Å². The van der Waals surface area contributed by atoms with Gasteiger partial charge in [-0.25, -0.2) is 4.79 Å². The van der Waals surface area contributed by atoms with E-state index in [4.69, 9.17) is 9.47 Å². The molecule has 2 aromatic rings. The number of nitrogens with zero attached hydrogens (tertiary/aromatic N) is 2. The number of fused-ring (bicyclic) bond motifs is 1. The number of nitrogens with one attached hydrogen (secondary N) is 2. The number of hydrogen-bond acceptors (Lipinski definition) is 7. The van der Waals surface area contributed by atoms with Gasteiger partial charge in [0, 0.05) is 24.5 Å². The summed E-state index contributed by atoms with van der Waals surface area (Å²) in [5.41, 5.74) is 0.715. The molecule has 0 spiro atoms. The largest absolute Gasteiger partial charge is 0.477 e. The topological polar surface area (TPSA) is 100 Å². The summed E-state index contributed by atoms with van der Waals surface area (Å²) in [5.74, 6) is -0.0361. The van der Waals surface area contributed by atoms with Crippen molar-refractivity contribution in [2.45, 2.75) is 12.5 Å². The van der Waals surface area contributed by atoms with Gasteiger partial charge in [-0.05, 0) is 30.0 Å². The second-order valence-corrected chi connectivity index (χ2v) is 8.56. The Hall–Kier alpha value is -3.11. The normalized spacial score (nSPS) is 17.8. The molecule has 1 aromatic heterocycles. The van der Waals surface area contributed by atoms with E-state index < -0.39 is 18.0 Å². The molecule has 1 fully saturated rings. The number of amides is 4. The van der Waals surface area contributed by atoms with Gasteiger partial charge < -0.3 is 24.6 Å². The quantitative estimate of drug-likeness (QED) is 0.676. The van der Waals surface area contributed by atoms with Crippen molar-refractivity contribution in [2.75, 3.05) is 50.8 Å². The molecule has 0 unspecified atom stereocenters. The number of benzene rings is 1. The Balaban J connectivity index is 1.34. The summed E-state index contributed by atoms with van der Waals surface area (Å²) in [6, 6.07) is 10.7. The van der Waals surface area contributed by atoms with Gasteiger partial charge in [0.05, 0.1) is 32.0 Å². The molecule has 2 aliphatic rings. The third-order valence-corrected chi connectivity index (χ3v) is 6.22. The smallest absolute Gasteiger partial charge is 0.321 e. The van der Waals surface area contributed by atoms with Gasteiger partial charge in [0.25, 0.3) is 5.91 Å². The van der Waals surface area contributed by atoms with Crippen LogP contribution in [-0.4, -0.2) is 74.8 Å². The lowest BCUT2D eigenvalue weighted by atomic mass is 10.1. The third kappa shape index (κ3) is 5.57. The van der Waals surface area contributed by atoms with Crippen LogP contribution in [0.25, 0.3) is 0 Å². The van der Waals surface area contributed by atoms with Gasteiger partial charge in [0.2, 0.25) is 5.91 Å². The van der Waals surface area contributed by atoms with E-state index in [1.54, 1.807) is 27.2 Å². The van der Waals surface area contributed by atoms with Gasteiger partial charge in [0.15, 0.2) is 6.10 Å². The van der Waals surface area contributed by atoms with Crippen LogP contribution in [0.1, 0.15) is 4.88 Å². The summed E-state index contributed by atoms with van der Waals surface area (Å²) in [4.78, 5) is 42.2. The van der Waals surface area contributed by atoms with Crippen LogP contribution in [0.15, 0.2) is 41.8 Å². The maximum atomic E-state index is 12.9. The first kappa shape index (κ1) is 22.1. The molecule has 2 N–H and O–H groups in total. The van der Waals surface area contributed by atoms with E-state index in [0.717, 1.165) is 4.88 Å². The number of para-hydroxylation sites is 2. The van der Waals surface area contributed by atoms with Crippen molar-refractivity contribution in [3.63, 3.8) is 0 Å². The Labute approximate surface area is 190 Å². The Morgan fingerprint density at radius 2 is 1.91 bits per heavy atom. The number of thiophene rings is 1. The summed E-state index contributed by atoms with van der Waals surface area (Å²) < 4.78 is 11.3. The van der Waals surface area contributed by atoms with Crippen LogP contribution in [0.2, 0.25) is 0 Å². The zero-order valence-corrected chi connectivity index (χ0v) is 18.4. The van der Waals surface area contributed by atoms with Crippen molar-refractivity contribution in [1.29, 1.82) is 0 Å². The van der Waals surface area contributed by atoms with E-state index in [0.29, 0.717) is 50.7 Å². The molecule has 2 aliphatic heterocycles. The monoisotopic (exact) mass is 458 g/mol. The Morgan fingerprint density at radius 3 is 2.69 bits per heavy atom. The maximum absolute atomic E-state index is 12.9. The minimum Gasteiger partial charge on any atom is -0.477 e. The predicted molar refractivity (Wildman–Crippen MR) is 120 cm³/mol. The van der Waals surface area contributed by atoms with Gasteiger partial charge in [-0.2, -0.15) is 0 Å². The summed E-state index contributed by atoms with van der Waals surface area (Å²) >= 11 is 1.62. The number of carbonyl (C=O) groups excluding carboxylic acids is 3. The number of hydrogen-bond donors (Lipinski definition) is 2. The highest BCUT2D eigenvalue weighted by Gasteiger charge is 2.34. The van der Waals surface area contributed by atoms with Crippen molar-refractivity contribution in [2.24, 2.45) is 0 Å². The van der Waals surface area contributed by atoms with Crippen molar-refractivity contribution in [1.82, 2.24) is 15.5 Å². The standard InChI is InChI=1S/C22H26N4O5S/c27-20(24-22(29)23-8-7-16-4-3-13-32-16)15-26-14-19(21(28)25-9-11-30-12-10-25)31-18-6-2-1-5-17(18)26/h1-6,13,19H,7-12,14-15H2,(H2,23,24,27,29)/t19-/m1/s1. The molecule has 9 nitrogen and oxygen atoms in total. The van der Waals surface area contributed by atoms with Gasteiger partial charge in [-0.3, -0.25) is 14.9 Å². The Morgan fingerprint density at radius 1 is 1.09 bits per heavy atom. The van der Waals surface area contributed by atoms with E-state index in [2.05, 4.69) is 10.6 Å². The second-order valence-electron chi connectivity index (χ2n) is 7.53. The maximum Gasteiger partial charge on any atom is 0.321 e. The first-order chi connectivity index (χ1) is 15.6. The van der Waals surface area contributed by atoms with Gasteiger partial charge >= 0.3 is 6.03 Å². The zero-order chi connectivity index (χ0) is 22.3. The molecule has 4 amide bonds. The molecule has 3 heterocycles. The van der Waals surface area contributed by atoms with E-state index in [9.17, 15) is 14.4 Å². The highest BCUT2D eigenvalue weighted by molar-refractivity contribution is 7.09. The number of carbonyl (C=O) groups is 3. The minimum absolute atomic E-state index is 0.0639. The van der Waals surface area contributed by atoms with Crippen LogP contribution in [0.5, 0.6) is 5.75 Å². The van der Waals surface area contributed by atoms with Crippen molar-refractivity contribution < 1.29 is 23.9 Å².